The van der Waals surface area contributed by atoms with E-state index in [0.717, 1.165) is 11.1 Å². The SMILES string of the molecule is NNC(c1ccncc1)c1cc(Cl)cnc1N. The Morgan fingerprint density at radius 2 is 2.00 bits per heavy atom. The van der Waals surface area contributed by atoms with Gasteiger partial charge in [-0.05, 0) is 23.8 Å². The highest BCUT2D eigenvalue weighted by Gasteiger charge is 2.16. The molecule has 0 aromatic carbocycles. The maximum Gasteiger partial charge on any atom is 0.128 e. The third kappa shape index (κ3) is 2.52. The van der Waals surface area contributed by atoms with E-state index in [1.54, 1.807) is 18.5 Å². The summed E-state index contributed by atoms with van der Waals surface area (Å²) in [5.41, 5.74) is 10.2. The van der Waals surface area contributed by atoms with E-state index in [4.69, 9.17) is 23.2 Å². The molecule has 5 nitrogen and oxygen atoms in total. The van der Waals surface area contributed by atoms with Crippen LogP contribution in [0.15, 0.2) is 36.8 Å². The quantitative estimate of drug-likeness (QED) is 0.563. The van der Waals surface area contributed by atoms with E-state index in [2.05, 4.69) is 15.4 Å². The van der Waals surface area contributed by atoms with Crippen molar-refractivity contribution in [1.29, 1.82) is 0 Å². The number of nitrogens with one attached hydrogen (secondary N) is 1. The molecule has 17 heavy (non-hydrogen) atoms. The van der Waals surface area contributed by atoms with Crippen LogP contribution in [-0.4, -0.2) is 9.97 Å². The molecule has 0 aliphatic carbocycles. The summed E-state index contributed by atoms with van der Waals surface area (Å²) in [6, 6.07) is 5.19. The zero-order valence-corrected chi connectivity index (χ0v) is 9.72. The number of hydrogen-bond donors (Lipinski definition) is 3. The van der Waals surface area contributed by atoms with Crippen LogP contribution in [0.3, 0.4) is 0 Å². The molecule has 0 spiro atoms. The molecule has 0 fully saturated rings. The topological polar surface area (TPSA) is 89.8 Å². The number of rotatable bonds is 3. The smallest absolute Gasteiger partial charge is 0.128 e. The lowest BCUT2D eigenvalue weighted by atomic mass is 10.0. The molecule has 0 amide bonds. The predicted octanol–water partition coefficient (Wildman–Crippen LogP) is 1.26. The van der Waals surface area contributed by atoms with Crippen molar-refractivity contribution in [3.63, 3.8) is 0 Å². The van der Waals surface area contributed by atoms with Gasteiger partial charge in [0, 0.05) is 24.2 Å². The first-order valence-electron chi connectivity index (χ1n) is 4.99. The Morgan fingerprint density at radius 1 is 1.29 bits per heavy atom. The Morgan fingerprint density at radius 3 is 2.65 bits per heavy atom. The third-order valence-corrected chi connectivity index (χ3v) is 2.64. The molecule has 0 bridgehead atoms. The van der Waals surface area contributed by atoms with Crippen molar-refractivity contribution in [3.8, 4) is 0 Å². The van der Waals surface area contributed by atoms with Gasteiger partial charge in [0.25, 0.3) is 0 Å². The molecule has 0 aliphatic rings. The van der Waals surface area contributed by atoms with Gasteiger partial charge in [-0.25, -0.2) is 10.4 Å². The lowest BCUT2D eigenvalue weighted by molar-refractivity contribution is 0.636. The fraction of sp³-hybridized carbons (Fsp3) is 0.0909. The highest BCUT2D eigenvalue weighted by atomic mass is 35.5. The Hall–Kier alpha value is -1.69. The van der Waals surface area contributed by atoms with Crippen LogP contribution in [0.5, 0.6) is 0 Å². The molecule has 6 heteroatoms. The highest BCUT2D eigenvalue weighted by Crippen LogP contribution is 2.26. The van der Waals surface area contributed by atoms with Gasteiger partial charge in [-0.15, -0.1) is 0 Å². The minimum absolute atomic E-state index is 0.260. The molecule has 1 unspecified atom stereocenters. The number of anilines is 1. The van der Waals surface area contributed by atoms with E-state index in [9.17, 15) is 0 Å². The second-order valence-electron chi connectivity index (χ2n) is 3.51. The zero-order valence-electron chi connectivity index (χ0n) is 8.97. The summed E-state index contributed by atoms with van der Waals surface area (Å²) in [5, 5.41) is 0.517. The lowest BCUT2D eigenvalue weighted by Gasteiger charge is -2.18. The van der Waals surface area contributed by atoms with Crippen molar-refractivity contribution < 1.29 is 0 Å². The number of hydrogen-bond acceptors (Lipinski definition) is 5. The Kier molecular flexibility index (Phi) is 3.53. The second kappa shape index (κ2) is 5.09. The average molecular weight is 250 g/mol. The summed E-state index contributed by atoms with van der Waals surface area (Å²) in [4.78, 5) is 7.96. The first-order chi connectivity index (χ1) is 8.22. The summed E-state index contributed by atoms with van der Waals surface area (Å²) < 4.78 is 0. The van der Waals surface area contributed by atoms with Gasteiger partial charge < -0.3 is 5.73 Å². The van der Waals surface area contributed by atoms with Gasteiger partial charge in [-0.1, -0.05) is 11.6 Å². The second-order valence-corrected chi connectivity index (χ2v) is 3.94. The van der Waals surface area contributed by atoms with Crippen molar-refractivity contribution in [2.75, 3.05) is 5.73 Å². The van der Waals surface area contributed by atoms with Crippen LogP contribution >= 0.6 is 11.6 Å². The zero-order chi connectivity index (χ0) is 12.3. The molecule has 0 saturated carbocycles. The number of nitrogens with two attached hydrogens (primary N) is 2. The van der Waals surface area contributed by atoms with E-state index < -0.39 is 0 Å². The molecule has 88 valence electrons. The number of pyridine rings is 2. The summed E-state index contributed by atoms with van der Waals surface area (Å²) in [6.07, 6.45) is 4.88. The van der Waals surface area contributed by atoms with E-state index in [-0.39, 0.29) is 6.04 Å². The van der Waals surface area contributed by atoms with E-state index in [0.29, 0.717) is 10.8 Å². The predicted molar refractivity (Wildman–Crippen MR) is 67.1 cm³/mol. The summed E-state index contributed by atoms with van der Waals surface area (Å²) in [6.45, 7) is 0. The van der Waals surface area contributed by atoms with Crippen LogP contribution in [0.1, 0.15) is 17.2 Å². The number of halogens is 1. The molecule has 2 aromatic heterocycles. The van der Waals surface area contributed by atoms with Crippen LogP contribution in [0, 0.1) is 0 Å². The van der Waals surface area contributed by atoms with Gasteiger partial charge in [0.1, 0.15) is 5.82 Å². The van der Waals surface area contributed by atoms with Crippen LogP contribution < -0.4 is 17.0 Å². The molecular weight excluding hydrogens is 238 g/mol. The van der Waals surface area contributed by atoms with Crippen molar-refractivity contribution in [3.05, 3.63) is 52.9 Å². The van der Waals surface area contributed by atoms with Crippen molar-refractivity contribution in [1.82, 2.24) is 15.4 Å². The largest absolute Gasteiger partial charge is 0.383 e. The minimum atomic E-state index is -0.260. The van der Waals surface area contributed by atoms with Crippen LogP contribution in [0.4, 0.5) is 5.82 Å². The highest BCUT2D eigenvalue weighted by molar-refractivity contribution is 6.30. The van der Waals surface area contributed by atoms with E-state index >= 15 is 0 Å². The monoisotopic (exact) mass is 249 g/mol. The first-order valence-corrected chi connectivity index (χ1v) is 5.37. The first kappa shape index (κ1) is 11.8. The molecule has 0 saturated heterocycles. The molecule has 5 N–H and O–H groups in total. The summed E-state index contributed by atoms with van der Waals surface area (Å²) in [7, 11) is 0. The molecule has 0 radical (unpaired) electrons. The van der Waals surface area contributed by atoms with Gasteiger partial charge in [-0.3, -0.25) is 10.8 Å². The molecule has 1 atom stereocenters. The lowest BCUT2D eigenvalue weighted by Crippen LogP contribution is -2.29. The fourth-order valence-corrected chi connectivity index (χ4v) is 1.78. The Balaban J connectivity index is 2.46. The molecule has 2 heterocycles. The number of hydrazine groups is 1. The molecule has 2 aromatic rings. The van der Waals surface area contributed by atoms with Crippen molar-refractivity contribution >= 4 is 17.4 Å². The Bertz CT molecular complexity index is 502. The molecule has 2 rings (SSSR count). The van der Waals surface area contributed by atoms with E-state index in [1.165, 1.54) is 6.20 Å². The van der Waals surface area contributed by atoms with Gasteiger partial charge >= 0.3 is 0 Å². The summed E-state index contributed by atoms with van der Waals surface area (Å²) in [5.74, 6) is 5.96. The van der Waals surface area contributed by atoms with Crippen molar-refractivity contribution in [2.24, 2.45) is 5.84 Å². The number of aromatic nitrogens is 2. The maximum absolute atomic E-state index is 5.91. The standard InChI is InChI=1S/C11H12ClN5/c12-8-5-9(11(13)16-6-8)10(17-14)7-1-3-15-4-2-7/h1-6,10,17H,14H2,(H2,13,16). The summed E-state index contributed by atoms with van der Waals surface area (Å²) >= 11 is 5.91. The minimum Gasteiger partial charge on any atom is -0.383 e. The van der Waals surface area contributed by atoms with Gasteiger partial charge in [0.2, 0.25) is 0 Å². The number of nitrogens with zero attached hydrogens (tertiary/aromatic N) is 2. The van der Waals surface area contributed by atoms with Gasteiger partial charge in [0.15, 0.2) is 0 Å². The van der Waals surface area contributed by atoms with Crippen LogP contribution in [-0.2, 0) is 0 Å². The molecule has 0 aliphatic heterocycles. The third-order valence-electron chi connectivity index (χ3n) is 2.43. The van der Waals surface area contributed by atoms with Gasteiger partial charge in [-0.2, -0.15) is 0 Å². The van der Waals surface area contributed by atoms with Crippen LogP contribution in [0.2, 0.25) is 5.02 Å². The molecular formula is C11H12ClN5. The maximum atomic E-state index is 5.91. The Labute approximate surface area is 104 Å². The van der Waals surface area contributed by atoms with E-state index in [1.807, 2.05) is 12.1 Å². The number of nitrogen functional groups attached to an aromatic ring is 1. The normalized spacial score (nSPS) is 12.4. The van der Waals surface area contributed by atoms with Gasteiger partial charge in [0.05, 0.1) is 11.1 Å². The average Bonchev–Trinajstić information content (AvgIpc) is 2.36. The van der Waals surface area contributed by atoms with Crippen molar-refractivity contribution in [2.45, 2.75) is 6.04 Å². The van der Waals surface area contributed by atoms with Crippen LogP contribution in [0.25, 0.3) is 0 Å². The fourth-order valence-electron chi connectivity index (χ4n) is 1.62.